The molecule has 0 heterocycles. The molecule has 0 bridgehead atoms. The number of hydrogen-bond acceptors (Lipinski definition) is 6. The summed E-state index contributed by atoms with van der Waals surface area (Å²) in [6.07, 6.45) is 76.9. The van der Waals surface area contributed by atoms with Gasteiger partial charge in [0.05, 0.1) is 33.8 Å². The van der Waals surface area contributed by atoms with E-state index in [-0.39, 0.29) is 31.5 Å². The third kappa shape index (κ3) is 57.6. The van der Waals surface area contributed by atoms with Crippen molar-refractivity contribution >= 4 is 19.7 Å². The van der Waals surface area contributed by atoms with Crippen LogP contribution in [0.4, 0.5) is 0 Å². The fourth-order valence-electron chi connectivity index (χ4n) is 8.82. The van der Waals surface area contributed by atoms with Crippen LogP contribution >= 0.6 is 7.82 Å². The Labute approximate surface area is 481 Å². The Morgan fingerprint density at radius 3 is 1.26 bits per heavy atom. The van der Waals surface area contributed by atoms with Gasteiger partial charge >= 0.3 is 13.8 Å². The van der Waals surface area contributed by atoms with Gasteiger partial charge in [-0.3, -0.25) is 18.6 Å². The summed E-state index contributed by atoms with van der Waals surface area (Å²) in [5.41, 5.74) is 0. The van der Waals surface area contributed by atoms with E-state index in [4.69, 9.17) is 13.8 Å². The first-order valence-corrected chi connectivity index (χ1v) is 33.6. The van der Waals surface area contributed by atoms with Gasteiger partial charge in [-0.2, -0.15) is 0 Å². The first kappa shape index (κ1) is 74.9. The lowest BCUT2D eigenvalue weighted by Crippen LogP contribution is -2.47. The van der Waals surface area contributed by atoms with Gasteiger partial charge in [-0.15, -0.1) is 0 Å². The van der Waals surface area contributed by atoms with Crippen molar-refractivity contribution in [2.75, 3.05) is 40.9 Å². The molecule has 0 fully saturated rings. The van der Waals surface area contributed by atoms with E-state index in [1.165, 1.54) is 103 Å². The summed E-state index contributed by atoms with van der Waals surface area (Å²) >= 11 is 0. The fourth-order valence-corrected chi connectivity index (χ4v) is 9.56. The SMILES string of the molecule is CC/C=C\C/C=C\C/C=C\C/C=C\C/C=C\C/C=C\CCCCCCCCC(=O)NC(COP(=O)(O)OCC[N+](C)(C)C)C(/C=C\CCCCCCCCCCCC)OC(=O)CCCCCCCCC/C=C\CCCCCC. The van der Waals surface area contributed by atoms with Crippen molar-refractivity contribution in [1.82, 2.24) is 5.32 Å². The normalized spacial score (nSPS) is 14.3. The van der Waals surface area contributed by atoms with E-state index in [9.17, 15) is 19.0 Å². The minimum absolute atomic E-state index is 0.0323. The van der Waals surface area contributed by atoms with Crippen molar-refractivity contribution in [1.29, 1.82) is 0 Å². The van der Waals surface area contributed by atoms with E-state index in [1.807, 2.05) is 33.3 Å². The molecule has 0 aromatic heterocycles. The molecule has 450 valence electrons. The van der Waals surface area contributed by atoms with Gasteiger partial charge in [0.1, 0.15) is 19.3 Å². The Kier molecular flexibility index (Phi) is 54.9. The average molecular weight is 1110 g/mol. The molecule has 9 nitrogen and oxygen atoms in total. The third-order valence-electron chi connectivity index (χ3n) is 13.8. The molecule has 0 aliphatic rings. The predicted molar refractivity (Wildman–Crippen MR) is 337 cm³/mol. The van der Waals surface area contributed by atoms with Gasteiger partial charge in [0.15, 0.2) is 0 Å². The lowest BCUT2D eigenvalue weighted by Gasteiger charge is -2.27. The highest BCUT2D eigenvalue weighted by Crippen LogP contribution is 2.43. The lowest BCUT2D eigenvalue weighted by molar-refractivity contribution is -0.870. The van der Waals surface area contributed by atoms with E-state index in [1.54, 1.807) is 0 Å². The second-order valence-electron chi connectivity index (χ2n) is 22.5. The van der Waals surface area contributed by atoms with Crippen molar-refractivity contribution in [3.63, 3.8) is 0 Å². The summed E-state index contributed by atoms with van der Waals surface area (Å²) in [4.78, 5) is 37.7. The number of hydrogen-bond donors (Lipinski definition) is 2. The Balaban J connectivity index is 5.21. The van der Waals surface area contributed by atoms with E-state index >= 15 is 0 Å². The first-order valence-electron chi connectivity index (χ1n) is 32.1. The van der Waals surface area contributed by atoms with Crippen LogP contribution in [0.15, 0.2) is 97.2 Å². The average Bonchev–Trinajstić information content (AvgIpc) is 3.40. The number of unbranched alkanes of at least 4 members (excludes halogenated alkanes) is 27. The number of carbonyl (C=O) groups excluding carboxylic acids is 2. The van der Waals surface area contributed by atoms with E-state index < -0.39 is 20.0 Å². The Hall–Kier alpha value is -3.07. The number of quaternary nitrogens is 1. The minimum atomic E-state index is -4.46. The topological polar surface area (TPSA) is 111 Å². The molecule has 0 rings (SSSR count). The number of allylic oxidation sites excluding steroid dienone is 15. The Bertz CT molecular complexity index is 1660. The molecule has 0 aliphatic carbocycles. The second kappa shape index (κ2) is 57.2. The van der Waals surface area contributed by atoms with Crippen LogP contribution in [0.1, 0.15) is 271 Å². The van der Waals surface area contributed by atoms with Crippen molar-refractivity contribution in [3.05, 3.63) is 97.2 Å². The maximum absolute atomic E-state index is 13.6. The minimum Gasteiger partial charge on any atom is -0.456 e. The van der Waals surface area contributed by atoms with Gasteiger partial charge in [-0.05, 0) is 109 Å². The quantitative estimate of drug-likeness (QED) is 0.0205. The van der Waals surface area contributed by atoms with Crippen LogP contribution < -0.4 is 5.32 Å². The molecule has 3 atom stereocenters. The van der Waals surface area contributed by atoms with Gasteiger partial charge < -0.3 is 19.4 Å². The Morgan fingerprint density at radius 2 is 0.821 bits per heavy atom. The number of likely N-dealkylation sites (N-methyl/N-ethyl adjacent to an activating group) is 1. The van der Waals surface area contributed by atoms with Crippen LogP contribution in [0.3, 0.4) is 0 Å². The number of amides is 1. The van der Waals surface area contributed by atoms with Crippen molar-refractivity contribution < 1.29 is 37.3 Å². The van der Waals surface area contributed by atoms with Gasteiger partial charge in [-0.1, -0.05) is 247 Å². The zero-order valence-electron chi connectivity index (χ0n) is 51.4. The Morgan fingerprint density at radius 1 is 0.462 bits per heavy atom. The molecular formula is C68H122N2O7P+. The van der Waals surface area contributed by atoms with Crippen LogP contribution in [0.2, 0.25) is 0 Å². The largest absolute Gasteiger partial charge is 0.472 e. The summed E-state index contributed by atoms with van der Waals surface area (Å²) in [6.45, 7) is 6.87. The summed E-state index contributed by atoms with van der Waals surface area (Å²) in [5, 5.41) is 3.05. The molecular weight excluding hydrogens is 988 g/mol. The summed E-state index contributed by atoms with van der Waals surface area (Å²) in [6, 6.07) is -0.863. The molecule has 0 radical (unpaired) electrons. The zero-order valence-corrected chi connectivity index (χ0v) is 52.3. The molecule has 0 aromatic rings. The van der Waals surface area contributed by atoms with Gasteiger partial charge in [0.2, 0.25) is 5.91 Å². The van der Waals surface area contributed by atoms with Gasteiger partial charge in [0, 0.05) is 12.8 Å². The van der Waals surface area contributed by atoms with Gasteiger partial charge in [-0.25, -0.2) is 4.57 Å². The summed E-state index contributed by atoms with van der Waals surface area (Å²) in [7, 11) is 1.47. The van der Waals surface area contributed by atoms with Gasteiger partial charge in [0.25, 0.3) is 0 Å². The number of esters is 1. The monoisotopic (exact) mass is 1110 g/mol. The molecule has 0 saturated carbocycles. The highest BCUT2D eigenvalue weighted by Gasteiger charge is 2.30. The number of carbonyl (C=O) groups is 2. The highest BCUT2D eigenvalue weighted by atomic mass is 31.2. The third-order valence-corrected chi connectivity index (χ3v) is 14.7. The smallest absolute Gasteiger partial charge is 0.456 e. The molecule has 0 aromatic carbocycles. The summed E-state index contributed by atoms with van der Waals surface area (Å²) < 4.78 is 30.7. The first-order chi connectivity index (χ1) is 37.9. The highest BCUT2D eigenvalue weighted by molar-refractivity contribution is 7.47. The van der Waals surface area contributed by atoms with Crippen LogP contribution in [0.25, 0.3) is 0 Å². The van der Waals surface area contributed by atoms with E-state index in [2.05, 4.69) is 111 Å². The fraction of sp³-hybridized carbons (Fsp3) is 0.735. The van der Waals surface area contributed by atoms with Crippen LogP contribution in [0.5, 0.6) is 0 Å². The number of phosphoric acid groups is 1. The molecule has 10 heteroatoms. The molecule has 0 aliphatic heterocycles. The summed E-state index contributed by atoms with van der Waals surface area (Å²) in [5.74, 6) is -0.529. The number of phosphoric ester groups is 1. The van der Waals surface area contributed by atoms with Crippen LogP contribution in [0, 0.1) is 0 Å². The number of ether oxygens (including phenoxy) is 1. The second-order valence-corrected chi connectivity index (χ2v) is 24.0. The maximum Gasteiger partial charge on any atom is 0.472 e. The lowest BCUT2D eigenvalue weighted by atomic mass is 10.0. The van der Waals surface area contributed by atoms with Crippen LogP contribution in [-0.4, -0.2) is 74.3 Å². The van der Waals surface area contributed by atoms with Crippen molar-refractivity contribution in [2.24, 2.45) is 0 Å². The zero-order chi connectivity index (χ0) is 57.2. The van der Waals surface area contributed by atoms with Crippen molar-refractivity contribution in [3.8, 4) is 0 Å². The van der Waals surface area contributed by atoms with Crippen molar-refractivity contribution in [2.45, 2.75) is 283 Å². The molecule has 0 saturated heterocycles. The predicted octanol–water partition coefficient (Wildman–Crippen LogP) is 19.9. The van der Waals surface area contributed by atoms with E-state index in [0.29, 0.717) is 17.4 Å². The molecule has 78 heavy (non-hydrogen) atoms. The molecule has 2 N–H and O–H groups in total. The standard InChI is InChI=1S/C68H121N2O7P/c1-7-10-13-16-19-22-25-28-30-31-32-33-34-35-36-37-38-39-41-42-45-48-51-54-57-60-67(71)69-65(64-76-78(73,74)75-63-62-70(4,5)6)66(59-56-53-50-47-44-27-24-21-18-15-12-9-3)77-68(72)61-58-55-52-49-46-43-40-29-26-23-20-17-14-11-8-2/h10,13,19,22-23,26,28,30,32-33,35-36,38-39,56,59,65-66H,7-9,11-12,14-18,20-21,24-25,27,29,31,34,37,40-55,57-58,60-64H2,1-6H3,(H-,69,71,73,74)/p+1/b13-10-,22-19-,26-23-,30-28-,33-32-,36-35-,39-38-,59-56-. The number of nitrogens with one attached hydrogen (secondary N) is 1. The number of nitrogens with zero attached hydrogens (tertiary/aromatic N) is 1. The molecule has 3 unspecified atom stereocenters. The number of rotatable bonds is 57. The van der Waals surface area contributed by atoms with Crippen LogP contribution in [-0.2, 0) is 27.9 Å². The van der Waals surface area contributed by atoms with E-state index in [0.717, 1.165) is 135 Å². The maximum atomic E-state index is 13.6. The molecule has 1 amide bonds. The molecule has 0 spiro atoms.